The molecule has 0 bridgehead atoms. The van der Waals surface area contributed by atoms with Gasteiger partial charge in [-0.25, -0.2) is 4.79 Å². The zero-order valence-electron chi connectivity index (χ0n) is 11.2. The molecular weight excluding hydrogens is 228 g/mol. The Kier molecular flexibility index (Phi) is 7.11. The van der Waals surface area contributed by atoms with E-state index in [1.807, 2.05) is 32.0 Å². The van der Waals surface area contributed by atoms with Crippen LogP contribution in [-0.2, 0) is 20.7 Å². The molecule has 100 valence electrons. The summed E-state index contributed by atoms with van der Waals surface area (Å²) < 4.78 is 10.4. The van der Waals surface area contributed by atoms with Crippen LogP contribution in [0.3, 0.4) is 0 Å². The molecule has 0 spiro atoms. The Morgan fingerprint density at radius 1 is 1.28 bits per heavy atom. The van der Waals surface area contributed by atoms with Crippen molar-refractivity contribution in [3.05, 3.63) is 35.9 Å². The molecule has 1 rings (SSSR count). The predicted octanol–water partition coefficient (Wildman–Crippen LogP) is 2.98. The molecule has 0 heterocycles. The summed E-state index contributed by atoms with van der Waals surface area (Å²) in [7, 11) is 0. The van der Waals surface area contributed by atoms with Gasteiger partial charge < -0.3 is 9.47 Å². The van der Waals surface area contributed by atoms with Gasteiger partial charge in [-0.2, -0.15) is 0 Å². The van der Waals surface area contributed by atoms with Crippen molar-refractivity contribution >= 4 is 5.97 Å². The molecule has 0 aromatic heterocycles. The first kappa shape index (κ1) is 14.7. The van der Waals surface area contributed by atoms with E-state index in [1.54, 1.807) is 0 Å². The first-order valence-electron chi connectivity index (χ1n) is 6.53. The second-order valence-corrected chi connectivity index (χ2v) is 4.35. The summed E-state index contributed by atoms with van der Waals surface area (Å²) in [5, 5.41) is 0. The molecule has 0 saturated heterocycles. The van der Waals surface area contributed by atoms with Crippen LogP contribution >= 0.6 is 0 Å². The van der Waals surface area contributed by atoms with Crippen LogP contribution in [0.4, 0.5) is 0 Å². The lowest BCUT2D eigenvalue weighted by molar-refractivity contribution is -0.153. The Morgan fingerprint density at radius 2 is 2.00 bits per heavy atom. The maximum Gasteiger partial charge on any atom is 0.332 e. The quantitative estimate of drug-likeness (QED) is 0.525. The average Bonchev–Trinajstić information content (AvgIpc) is 2.39. The molecule has 0 aliphatic rings. The molecule has 0 radical (unpaired) electrons. The maximum absolute atomic E-state index is 11.3. The van der Waals surface area contributed by atoms with Gasteiger partial charge in [-0.3, -0.25) is 0 Å². The lowest BCUT2D eigenvalue weighted by Gasteiger charge is -2.10. The van der Waals surface area contributed by atoms with Crippen LogP contribution in [0.15, 0.2) is 30.3 Å². The number of hydrogen-bond donors (Lipinski definition) is 0. The van der Waals surface area contributed by atoms with Gasteiger partial charge in [-0.15, -0.1) is 0 Å². The Labute approximate surface area is 109 Å². The van der Waals surface area contributed by atoms with Crippen molar-refractivity contribution in [1.29, 1.82) is 0 Å². The van der Waals surface area contributed by atoms with Crippen LogP contribution in [-0.4, -0.2) is 25.3 Å². The first-order chi connectivity index (χ1) is 8.72. The molecule has 0 saturated carbocycles. The summed E-state index contributed by atoms with van der Waals surface area (Å²) in [6.07, 6.45) is 2.70. The molecule has 0 aliphatic carbocycles. The van der Waals surface area contributed by atoms with Gasteiger partial charge in [0.2, 0.25) is 0 Å². The molecule has 1 atom stereocenters. The SMILES string of the molecule is CCC(C)OC(=O)COCCCc1ccccc1. The van der Waals surface area contributed by atoms with Gasteiger partial charge >= 0.3 is 5.97 Å². The van der Waals surface area contributed by atoms with E-state index in [9.17, 15) is 4.79 Å². The lowest BCUT2D eigenvalue weighted by atomic mass is 10.1. The monoisotopic (exact) mass is 250 g/mol. The topological polar surface area (TPSA) is 35.5 Å². The number of esters is 1. The number of benzene rings is 1. The number of hydrogen-bond acceptors (Lipinski definition) is 3. The van der Waals surface area contributed by atoms with E-state index in [0.29, 0.717) is 6.61 Å². The minimum atomic E-state index is -0.274. The zero-order valence-corrected chi connectivity index (χ0v) is 11.2. The minimum Gasteiger partial charge on any atom is -0.461 e. The van der Waals surface area contributed by atoms with Crippen LogP contribution in [0.2, 0.25) is 0 Å². The minimum absolute atomic E-state index is 0.0228. The van der Waals surface area contributed by atoms with Gasteiger partial charge in [-0.05, 0) is 31.7 Å². The number of carbonyl (C=O) groups is 1. The van der Waals surface area contributed by atoms with Crippen molar-refractivity contribution in [1.82, 2.24) is 0 Å². The lowest BCUT2D eigenvalue weighted by Crippen LogP contribution is -2.19. The zero-order chi connectivity index (χ0) is 13.2. The molecule has 1 aromatic rings. The third kappa shape index (κ3) is 6.40. The van der Waals surface area contributed by atoms with Crippen LogP contribution in [0.5, 0.6) is 0 Å². The summed E-state index contributed by atoms with van der Waals surface area (Å²) in [6, 6.07) is 10.2. The van der Waals surface area contributed by atoms with E-state index >= 15 is 0 Å². The Hall–Kier alpha value is -1.35. The molecule has 1 aromatic carbocycles. The highest BCUT2D eigenvalue weighted by atomic mass is 16.6. The van der Waals surface area contributed by atoms with E-state index in [2.05, 4.69) is 12.1 Å². The molecule has 3 nitrogen and oxygen atoms in total. The van der Waals surface area contributed by atoms with Crippen LogP contribution in [0.25, 0.3) is 0 Å². The summed E-state index contributed by atoms with van der Waals surface area (Å²) in [4.78, 5) is 11.3. The number of aryl methyl sites for hydroxylation is 1. The second kappa shape index (κ2) is 8.70. The van der Waals surface area contributed by atoms with Gasteiger partial charge in [-0.1, -0.05) is 37.3 Å². The van der Waals surface area contributed by atoms with Gasteiger partial charge in [0.05, 0.1) is 6.10 Å². The molecule has 18 heavy (non-hydrogen) atoms. The number of carbonyl (C=O) groups excluding carboxylic acids is 1. The van der Waals surface area contributed by atoms with Crippen molar-refractivity contribution < 1.29 is 14.3 Å². The standard InChI is InChI=1S/C15H22O3/c1-3-13(2)18-15(16)12-17-11-7-10-14-8-5-4-6-9-14/h4-6,8-9,13H,3,7,10-12H2,1-2H3. The number of rotatable bonds is 8. The highest BCUT2D eigenvalue weighted by Gasteiger charge is 2.07. The average molecular weight is 250 g/mol. The summed E-state index contributed by atoms with van der Waals surface area (Å²) in [5.74, 6) is -0.274. The summed E-state index contributed by atoms with van der Waals surface area (Å²) >= 11 is 0. The molecule has 0 fully saturated rings. The highest BCUT2D eigenvalue weighted by Crippen LogP contribution is 2.02. The Balaban J connectivity index is 2.03. The van der Waals surface area contributed by atoms with Crippen molar-refractivity contribution in [3.8, 4) is 0 Å². The Bertz CT molecular complexity index is 335. The van der Waals surface area contributed by atoms with Crippen LogP contribution < -0.4 is 0 Å². The fourth-order valence-electron chi connectivity index (χ4n) is 1.52. The van der Waals surface area contributed by atoms with Crippen LogP contribution in [0, 0.1) is 0 Å². The fraction of sp³-hybridized carbons (Fsp3) is 0.533. The van der Waals surface area contributed by atoms with Crippen LogP contribution in [0.1, 0.15) is 32.3 Å². The predicted molar refractivity (Wildman–Crippen MR) is 71.4 cm³/mol. The third-order valence-electron chi connectivity index (χ3n) is 2.72. The van der Waals surface area contributed by atoms with Crippen molar-refractivity contribution in [2.24, 2.45) is 0 Å². The molecule has 0 amide bonds. The fourth-order valence-corrected chi connectivity index (χ4v) is 1.52. The number of ether oxygens (including phenoxy) is 2. The normalized spacial score (nSPS) is 12.1. The van der Waals surface area contributed by atoms with E-state index in [-0.39, 0.29) is 18.7 Å². The molecule has 1 unspecified atom stereocenters. The Morgan fingerprint density at radius 3 is 2.67 bits per heavy atom. The van der Waals surface area contributed by atoms with Gasteiger partial charge in [0, 0.05) is 6.61 Å². The summed E-state index contributed by atoms with van der Waals surface area (Å²) in [6.45, 7) is 4.51. The van der Waals surface area contributed by atoms with Crippen molar-refractivity contribution in [2.45, 2.75) is 39.2 Å². The largest absolute Gasteiger partial charge is 0.461 e. The van der Waals surface area contributed by atoms with Crippen molar-refractivity contribution in [2.75, 3.05) is 13.2 Å². The third-order valence-corrected chi connectivity index (χ3v) is 2.72. The maximum atomic E-state index is 11.3. The van der Waals surface area contributed by atoms with Gasteiger partial charge in [0.1, 0.15) is 6.61 Å². The molecule has 0 N–H and O–H groups in total. The molecule has 0 aliphatic heterocycles. The van der Waals surface area contributed by atoms with E-state index in [4.69, 9.17) is 9.47 Å². The van der Waals surface area contributed by atoms with E-state index in [1.165, 1.54) is 5.56 Å². The van der Waals surface area contributed by atoms with E-state index in [0.717, 1.165) is 19.3 Å². The van der Waals surface area contributed by atoms with E-state index < -0.39 is 0 Å². The van der Waals surface area contributed by atoms with Gasteiger partial charge in [0.25, 0.3) is 0 Å². The highest BCUT2D eigenvalue weighted by molar-refractivity contribution is 5.70. The van der Waals surface area contributed by atoms with Crippen molar-refractivity contribution in [3.63, 3.8) is 0 Å². The van der Waals surface area contributed by atoms with Gasteiger partial charge in [0.15, 0.2) is 0 Å². The molecule has 3 heteroatoms. The molecular formula is C15H22O3. The second-order valence-electron chi connectivity index (χ2n) is 4.35. The summed E-state index contributed by atoms with van der Waals surface area (Å²) in [5.41, 5.74) is 1.29. The smallest absolute Gasteiger partial charge is 0.332 e. The first-order valence-corrected chi connectivity index (χ1v) is 6.53.